The van der Waals surface area contributed by atoms with E-state index in [0.717, 1.165) is 12.1 Å². The van der Waals surface area contributed by atoms with E-state index < -0.39 is 108 Å². The van der Waals surface area contributed by atoms with Crippen molar-refractivity contribution < 1.29 is 62.4 Å². The Bertz CT molecular complexity index is 1600. The van der Waals surface area contributed by atoms with Crippen LogP contribution in [0.5, 0.6) is 0 Å². The Kier molecular flexibility index (Phi) is 11.4. The summed E-state index contributed by atoms with van der Waals surface area (Å²) in [5, 5.41) is 1.79. The molecule has 4 amide bonds. The van der Waals surface area contributed by atoms with Gasteiger partial charge in [0, 0.05) is 11.4 Å². The van der Waals surface area contributed by atoms with Crippen LogP contribution in [0.2, 0.25) is 10.0 Å². The van der Waals surface area contributed by atoms with Crippen molar-refractivity contribution >= 4 is 113 Å². The molecular formula is C20H12Cl4F6N4O8S2. The van der Waals surface area contributed by atoms with Crippen LogP contribution in [-0.2, 0) is 39.2 Å². The number of halogens is 10. The van der Waals surface area contributed by atoms with E-state index in [0.29, 0.717) is 24.3 Å². The zero-order chi connectivity index (χ0) is 34.0. The first-order chi connectivity index (χ1) is 20.0. The molecule has 0 unspecified atom stereocenters. The Morgan fingerprint density at radius 2 is 0.932 bits per heavy atom. The summed E-state index contributed by atoms with van der Waals surface area (Å²) in [6.07, 6.45) is 0. The van der Waals surface area contributed by atoms with Gasteiger partial charge >= 0.3 is 42.9 Å². The van der Waals surface area contributed by atoms with Gasteiger partial charge < -0.3 is 10.6 Å². The lowest BCUT2D eigenvalue weighted by atomic mass is 10.2. The fourth-order valence-electron chi connectivity index (χ4n) is 2.96. The molecule has 2 aromatic carbocycles. The largest absolute Gasteiger partial charge is 0.517 e. The van der Waals surface area contributed by atoms with Crippen LogP contribution in [0.1, 0.15) is 0 Å². The Morgan fingerprint density at radius 3 is 1.18 bits per heavy atom. The number of nitrogens with zero attached hydrogens (tertiary/aromatic N) is 2. The molecule has 0 heterocycles. The summed E-state index contributed by atoms with van der Waals surface area (Å²) in [6.45, 7) is 0. The van der Waals surface area contributed by atoms with E-state index >= 15 is 0 Å². The summed E-state index contributed by atoms with van der Waals surface area (Å²) >= 11 is 22.2. The first-order valence-electron chi connectivity index (χ1n) is 10.6. The zero-order valence-electron chi connectivity index (χ0n) is 20.6. The molecule has 242 valence electrons. The fraction of sp³-hybridized carbons (Fsp3) is 0.200. The second kappa shape index (κ2) is 13.5. The van der Waals surface area contributed by atoms with Gasteiger partial charge in [-0.05, 0) is 36.4 Å². The average Bonchev–Trinajstić information content (AvgIpc) is 2.90. The van der Waals surface area contributed by atoms with Crippen molar-refractivity contribution in [2.24, 2.45) is 0 Å². The summed E-state index contributed by atoms with van der Waals surface area (Å²) in [7, 11) is -14.2. The molecule has 24 heteroatoms. The molecule has 0 spiro atoms. The maximum atomic E-state index is 13.7. The summed E-state index contributed by atoms with van der Waals surface area (Å²) in [6, 6.07) is 3.53. The highest BCUT2D eigenvalue weighted by atomic mass is 35.5. The lowest BCUT2D eigenvalue weighted by Crippen LogP contribution is -2.55. The van der Waals surface area contributed by atoms with Crippen LogP contribution in [0.25, 0.3) is 0 Å². The highest BCUT2D eigenvalue weighted by Crippen LogP contribution is 2.40. The molecule has 44 heavy (non-hydrogen) atoms. The highest BCUT2D eigenvalue weighted by molar-refractivity contribution is 7.95. The van der Waals surface area contributed by atoms with Gasteiger partial charge in [-0.25, -0.2) is 0 Å². The second-order valence-corrected chi connectivity index (χ2v) is 12.6. The minimum atomic E-state index is -7.11. The Balaban J connectivity index is 2.94. The smallest absolute Gasteiger partial charge is 0.325 e. The number of hydrogen-bond donors (Lipinski definition) is 2. The second-order valence-electron chi connectivity index (χ2n) is 7.74. The number of sulfonamides is 2. The van der Waals surface area contributed by atoms with Gasteiger partial charge in [-0.1, -0.05) is 23.2 Å². The average molecular weight is 756 g/mol. The lowest BCUT2D eigenvalue weighted by Gasteiger charge is -2.28. The van der Waals surface area contributed by atoms with Crippen molar-refractivity contribution in [3.63, 3.8) is 0 Å². The summed E-state index contributed by atoms with van der Waals surface area (Å²) in [5.41, 5.74) is -17.2. The third-order valence-electron chi connectivity index (χ3n) is 4.76. The Hall–Kier alpha value is -3.04. The standard InChI is InChI=1S/C20H12Cl4F6N4O8S2/c21-7-15(35)31-9-1-3-11(23)13(5-9)33(43(39,40)19(25,26)27)17(37)18(38)34(44(41,42)20(28,29)30)14-6-10(2-4-12(14)24)32-16(36)8-22/h1-6H,7-8H2,(H,31,35)(H,32,36). The number of rotatable bonds is 8. The number of benzene rings is 2. The van der Waals surface area contributed by atoms with Crippen LogP contribution in [0.4, 0.5) is 49.1 Å². The minimum Gasteiger partial charge on any atom is -0.325 e. The molecule has 0 aliphatic rings. The van der Waals surface area contributed by atoms with Gasteiger partial charge in [0.05, 0.1) is 21.4 Å². The number of carbonyl (C=O) groups is 4. The van der Waals surface area contributed by atoms with Crippen LogP contribution in [0.3, 0.4) is 0 Å². The molecule has 0 aliphatic carbocycles. The molecule has 0 atom stereocenters. The number of anilines is 4. The van der Waals surface area contributed by atoms with Gasteiger partial charge in [0.15, 0.2) is 0 Å². The van der Waals surface area contributed by atoms with Crippen molar-refractivity contribution in [3.05, 3.63) is 46.4 Å². The summed E-state index contributed by atoms with van der Waals surface area (Å²) in [5.74, 6) is -9.66. The quantitative estimate of drug-likeness (QED) is 0.227. The van der Waals surface area contributed by atoms with E-state index in [4.69, 9.17) is 46.4 Å². The fourth-order valence-corrected chi connectivity index (χ4v) is 5.42. The minimum absolute atomic E-state index is 0.291. The van der Waals surface area contributed by atoms with E-state index in [-0.39, 0.29) is 0 Å². The maximum absolute atomic E-state index is 13.7. The Morgan fingerprint density at radius 1 is 0.636 bits per heavy atom. The molecule has 0 saturated carbocycles. The SMILES string of the molecule is O=C(CCl)Nc1ccc(Cl)c(N(C(=O)C(=O)N(c2cc(NC(=O)CCl)ccc2Cl)S(=O)(=O)C(F)(F)F)S(=O)(=O)C(F)(F)F)c1. The number of amides is 4. The summed E-state index contributed by atoms with van der Waals surface area (Å²) in [4.78, 5) is 49.6. The van der Waals surface area contributed by atoms with E-state index in [1.165, 1.54) is 0 Å². The van der Waals surface area contributed by atoms with Crippen LogP contribution >= 0.6 is 46.4 Å². The number of alkyl halides is 8. The monoisotopic (exact) mass is 754 g/mol. The predicted molar refractivity (Wildman–Crippen MR) is 147 cm³/mol. The molecule has 2 N–H and O–H groups in total. The normalized spacial score (nSPS) is 12.3. The van der Waals surface area contributed by atoms with E-state index in [2.05, 4.69) is 0 Å². The molecule has 0 radical (unpaired) electrons. The molecule has 0 bridgehead atoms. The van der Waals surface area contributed by atoms with Crippen molar-refractivity contribution in [3.8, 4) is 0 Å². The van der Waals surface area contributed by atoms with Gasteiger partial charge in [0.2, 0.25) is 11.8 Å². The third kappa shape index (κ3) is 7.78. The molecule has 0 saturated heterocycles. The third-order valence-corrected chi connectivity index (χ3v) is 8.74. The first-order valence-corrected chi connectivity index (χ1v) is 15.3. The number of hydrogen-bond acceptors (Lipinski definition) is 8. The van der Waals surface area contributed by atoms with Crippen molar-refractivity contribution in [1.29, 1.82) is 0 Å². The molecule has 12 nitrogen and oxygen atoms in total. The van der Waals surface area contributed by atoms with Crippen LogP contribution in [-0.4, -0.2) is 63.2 Å². The summed E-state index contributed by atoms with van der Waals surface area (Å²) < 4.78 is 129. The van der Waals surface area contributed by atoms with Gasteiger partial charge in [-0.2, -0.15) is 51.8 Å². The molecule has 2 aromatic rings. The zero-order valence-corrected chi connectivity index (χ0v) is 25.3. The van der Waals surface area contributed by atoms with Crippen molar-refractivity contribution in [2.45, 2.75) is 11.0 Å². The van der Waals surface area contributed by atoms with E-state index in [1.807, 2.05) is 10.6 Å². The first kappa shape index (κ1) is 37.1. The molecule has 2 rings (SSSR count). The van der Waals surface area contributed by atoms with Gasteiger partial charge in [-0.15, -0.1) is 23.2 Å². The highest BCUT2D eigenvalue weighted by Gasteiger charge is 2.58. The van der Waals surface area contributed by atoms with Crippen LogP contribution < -0.4 is 19.2 Å². The predicted octanol–water partition coefficient (Wildman–Crippen LogP) is 4.41. The molecule has 0 aromatic heterocycles. The van der Waals surface area contributed by atoms with Crippen molar-refractivity contribution in [2.75, 3.05) is 31.0 Å². The Labute approximate surface area is 262 Å². The van der Waals surface area contributed by atoms with Gasteiger partial charge in [-0.3, -0.25) is 19.2 Å². The molecular weight excluding hydrogens is 744 g/mol. The van der Waals surface area contributed by atoms with Gasteiger partial charge in [0.25, 0.3) is 0 Å². The van der Waals surface area contributed by atoms with Crippen molar-refractivity contribution in [1.82, 2.24) is 0 Å². The van der Waals surface area contributed by atoms with Crippen LogP contribution in [0, 0.1) is 0 Å². The van der Waals surface area contributed by atoms with E-state index in [9.17, 15) is 62.4 Å². The molecule has 0 fully saturated rings. The maximum Gasteiger partial charge on any atom is 0.517 e. The van der Waals surface area contributed by atoms with E-state index in [1.54, 1.807) is 0 Å². The topological polar surface area (TPSA) is 167 Å². The number of nitrogens with one attached hydrogen (secondary N) is 2. The van der Waals surface area contributed by atoms with Crippen LogP contribution in [0.15, 0.2) is 36.4 Å². The van der Waals surface area contributed by atoms with Gasteiger partial charge in [0.1, 0.15) is 11.8 Å². The number of carbonyl (C=O) groups excluding carboxylic acids is 4. The lowest BCUT2D eigenvalue weighted by molar-refractivity contribution is -0.135. The molecule has 0 aliphatic heterocycles.